The van der Waals surface area contributed by atoms with Gasteiger partial charge in [-0.2, -0.15) is 0 Å². The van der Waals surface area contributed by atoms with E-state index in [1.165, 1.54) is 27.0 Å². The van der Waals surface area contributed by atoms with Gasteiger partial charge in [-0.05, 0) is 53.6 Å². The van der Waals surface area contributed by atoms with Gasteiger partial charge >= 0.3 is 0 Å². The van der Waals surface area contributed by atoms with Crippen molar-refractivity contribution in [3.05, 3.63) is 50.6 Å². The van der Waals surface area contributed by atoms with Crippen molar-refractivity contribution >= 4 is 33.0 Å². The van der Waals surface area contributed by atoms with Gasteiger partial charge in [0.1, 0.15) is 0 Å². The van der Waals surface area contributed by atoms with E-state index in [0.717, 1.165) is 19.6 Å². The van der Waals surface area contributed by atoms with Crippen LogP contribution >= 0.6 is 27.3 Å². The number of halogens is 1. The number of nitrogens with zero attached hydrogens (tertiary/aromatic N) is 1. The molecule has 2 aromatic rings. The summed E-state index contributed by atoms with van der Waals surface area (Å²) >= 11 is 5.34. The number of hydrogen-bond donors (Lipinski definition) is 1. The number of anilines is 1. The lowest BCUT2D eigenvalue weighted by Gasteiger charge is -2.18. The Morgan fingerprint density at radius 1 is 1.40 bits per heavy atom. The van der Waals surface area contributed by atoms with E-state index < -0.39 is 0 Å². The predicted octanol–water partition coefficient (Wildman–Crippen LogP) is 4.54. The molecule has 0 saturated carbocycles. The number of rotatable bonds is 5. The highest BCUT2D eigenvalue weighted by molar-refractivity contribution is 9.10. The lowest BCUT2D eigenvalue weighted by Crippen LogP contribution is -2.21. The fraction of sp³-hybridized carbons (Fsp3) is 0.375. The zero-order chi connectivity index (χ0) is 13.9. The maximum atomic E-state index is 3.52. The minimum absolute atomic E-state index is 0.656. The summed E-state index contributed by atoms with van der Waals surface area (Å²) in [5, 5.41) is 5.66. The SMILES string of the molecule is CN(CCC1CNc2ccccc21)Cc1cc(Br)cs1. The fourth-order valence-electron chi connectivity index (χ4n) is 2.77. The Morgan fingerprint density at radius 2 is 2.25 bits per heavy atom. The van der Waals surface area contributed by atoms with Crippen molar-refractivity contribution in [3.63, 3.8) is 0 Å². The van der Waals surface area contributed by atoms with Gasteiger partial charge in [0.05, 0.1) is 0 Å². The maximum Gasteiger partial charge on any atom is 0.0376 e. The average molecular weight is 351 g/mol. The molecule has 2 nitrogen and oxygen atoms in total. The Labute approximate surface area is 132 Å². The van der Waals surface area contributed by atoms with Gasteiger partial charge in [0.2, 0.25) is 0 Å². The number of para-hydroxylation sites is 1. The van der Waals surface area contributed by atoms with Crippen molar-refractivity contribution in [2.45, 2.75) is 18.9 Å². The quantitative estimate of drug-likeness (QED) is 0.851. The van der Waals surface area contributed by atoms with E-state index in [1.54, 1.807) is 0 Å². The number of hydrogen-bond acceptors (Lipinski definition) is 3. The minimum atomic E-state index is 0.656. The average Bonchev–Trinajstić information content (AvgIpc) is 3.03. The molecule has 0 amide bonds. The zero-order valence-electron chi connectivity index (χ0n) is 11.6. The van der Waals surface area contributed by atoms with Crippen LogP contribution in [0.1, 0.15) is 22.8 Å². The second kappa shape index (κ2) is 6.29. The molecule has 106 valence electrons. The number of benzene rings is 1. The highest BCUT2D eigenvalue weighted by atomic mass is 79.9. The Hall–Kier alpha value is -0.840. The summed E-state index contributed by atoms with van der Waals surface area (Å²) in [6.07, 6.45) is 1.22. The molecule has 20 heavy (non-hydrogen) atoms. The van der Waals surface area contributed by atoms with Gasteiger partial charge in [0.15, 0.2) is 0 Å². The van der Waals surface area contributed by atoms with Crippen LogP contribution in [-0.2, 0) is 6.54 Å². The Morgan fingerprint density at radius 3 is 3.05 bits per heavy atom. The van der Waals surface area contributed by atoms with Crippen LogP contribution < -0.4 is 5.32 Å². The normalized spacial score (nSPS) is 17.2. The van der Waals surface area contributed by atoms with Gasteiger partial charge in [-0.25, -0.2) is 0 Å². The molecule has 3 rings (SSSR count). The molecular formula is C16H19BrN2S. The molecule has 1 unspecified atom stereocenters. The fourth-order valence-corrected chi connectivity index (χ4v) is 4.30. The first-order valence-electron chi connectivity index (χ1n) is 6.96. The molecule has 1 aromatic heterocycles. The summed E-state index contributed by atoms with van der Waals surface area (Å²) in [6.45, 7) is 3.26. The highest BCUT2D eigenvalue weighted by Crippen LogP contribution is 2.33. The molecule has 1 aliphatic rings. The molecule has 1 atom stereocenters. The van der Waals surface area contributed by atoms with Crippen LogP contribution in [0, 0.1) is 0 Å². The number of nitrogens with one attached hydrogen (secondary N) is 1. The van der Waals surface area contributed by atoms with Gasteiger partial charge in [0.25, 0.3) is 0 Å². The van der Waals surface area contributed by atoms with Gasteiger partial charge in [-0.15, -0.1) is 11.3 Å². The Kier molecular flexibility index (Phi) is 4.44. The van der Waals surface area contributed by atoms with E-state index in [4.69, 9.17) is 0 Å². The van der Waals surface area contributed by atoms with Crippen LogP contribution in [-0.4, -0.2) is 25.0 Å². The molecule has 0 saturated heterocycles. The molecule has 1 aromatic carbocycles. The lowest BCUT2D eigenvalue weighted by molar-refractivity contribution is 0.316. The summed E-state index contributed by atoms with van der Waals surface area (Å²) in [5.74, 6) is 0.656. The minimum Gasteiger partial charge on any atom is -0.384 e. The molecule has 2 heterocycles. The summed E-state index contributed by atoms with van der Waals surface area (Å²) in [5.41, 5.74) is 2.81. The molecular weight excluding hydrogens is 332 g/mol. The highest BCUT2D eigenvalue weighted by Gasteiger charge is 2.21. The van der Waals surface area contributed by atoms with E-state index in [9.17, 15) is 0 Å². The van der Waals surface area contributed by atoms with E-state index in [2.05, 4.69) is 68.9 Å². The first-order chi connectivity index (χ1) is 9.72. The Balaban J connectivity index is 1.53. The van der Waals surface area contributed by atoms with Crippen LogP contribution in [0.15, 0.2) is 40.2 Å². The lowest BCUT2D eigenvalue weighted by atomic mass is 9.98. The van der Waals surface area contributed by atoms with Crippen LogP contribution in [0.4, 0.5) is 5.69 Å². The summed E-state index contributed by atoms with van der Waals surface area (Å²) in [7, 11) is 2.21. The van der Waals surface area contributed by atoms with E-state index in [0.29, 0.717) is 5.92 Å². The smallest absolute Gasteiger partial charge is 0.0376 e. The van der Waals surface area contributed by atoms with Crippen molar-refractivity contribution in [1.29, 1.82) is 0 Å². The molecule has 1 N–H and O–H groups in total. The van der Waals surface area contributed by atoms with Crippen molar-refractivity contribution in [2.24, 2.45) is 0 Å². The van der Waals surface area contributed by atoms with Crippen LogP contribution in [0.25, 0.3) is 0 Å². The number of fused-ring (bicyclic) bond motifs is 1. The number of thiophene rings is 1. The summed E-state index contributed by atoms with van der Waals surface area (Å²) in [6, 6.07) is 10.9. The standard InChI is InChI=1S/C16H19BrN2S/c1-19(10-14-8-13(17)11-20-14)7-6-12-9-18-16-5-3-2-4-15(12)16/h2-5,8,11-12,18H,6-7,9-10H2,1H3. The predicted molar refractivity (Wildman–Crippen MR) is 90.6 cm³/mol. The molecule has 0 aliphatic carbocycles. The molecule has 4 heteroatoms. The van der Waals surface area contributed by atoms with Gasteiger partial charge in [-0.3, -0.25) is 0 Å². The largest absolute Gasteiger partial charge is 0.384 e. The summed E-state index contributed by atoms with van der Waals surface area (Å²) < 4.78 is 1.19. The first kappa shape index (κ1) is 14.1. The van der Waals surface area contributed by atoms with Crippen LogP contribution in [0.2, 0.25) is 0 Å². The Bertz CT molecular complexity index is 581. The van der Waals surface area contributed by atoms with Crippen molar-refractivity contribution < 1.29 is 0 Å². The van der Waals surface area contributed by atoms with Gasteiger partial charge in [0, 0.05) is 39.4 Å². The van der Waals surface area contributed by atoms with Crippen LogP contribution in [0.5, 0.6) is 0 Å². The summed E-state index contributed by atoms with van der Waals surface area (Å²) in [4.78, 5) is 3.84. The van der Waals surface area contributed by atoms with Crippen molar-refractivity contribution in [2.75, 3.05) is 25.5 Å². The first-order valence-corrected chi connectivity index (χ1v) is 8.64. The second-order valence-electron chi connectivity index (χ2n) is 5.42. The third kappa shape index (κ3) is 3.25. The van der Waals surface area contributed by atoms with E-state index in [-0.39, 0.29) is 0 Å². The maximum absolute atomic E-state index is 3.52. The molecule has 0 bridgehead atoms. The van der Waals surface area contributed by atoms with Crippen LogP contribution in [0.3, 0.4) is 0 Å². The molecule has 0 fully saturated rings. The molecule has 0 spiro atoms. The topological polar surface area (TPSA) is 15.3 Å². The van der Waals surface area contributed by atoms with E-state index in [1.807, 2.05) is 11.3 Å². The van der Waals surface area contributed by atoms with Gasteiger partial charge in [-0.1, -0.05) is 18.2 Å². The van der Waals surface area contributed by atoms with Gasteiger partial charge < -0.3 is 10.2 Å². The third-order valence-corrected chi connectivity index (χ3v) is 5.53. The molecule has 0 radical (unpaired) electrons. The molecule has 1 aliphatic heterocycles. The van der Waals surface area contributed by atoms with Crippen molar-refractivity contribution in [3.8, 4) is 0 Å². The van der Waals surface area contributed by atoms with Crippen molar-refractivity contribution in [1.82, 2.24) is 4.90 Å². The second-order valence-corrected chi connectivity index (χ2v) is 7.33. The third-order valence-electron chi connectivity index (χ3n) is 3.85. The zero-order valence-corrected chi connectivity index (χ0v) is 14.0. The monoisotopic (exact) mass is 350 g/mol. The van der Waals surface area contributed by atoms with E-state index >= 15 is 0 Å².